The first-order valence-corrected chi connectivity index (χ1v) is 5.66. The molecule has 0 unspecified atom stereocenters. The molecule has 0 saturated carbocycles. The van der Waals surface area contributed by atoms with Crippen LogP contribution in [0.4, 0.5) is 13.2 Å². The van der Waals surface area contributed by atoms with Gasteiger partial charge in [-0.3, -0.25) is 0 Å². The molecule has 2 rings (SSSR count). The largest absolute Gasteiger partial charge is 0.435 e. The standard InChI is InChI=1S/C11H14F3N3/c12-11(13,14)10-2-1-9(16-17-10)7-8-3-5-15-6-4-8/h1-2,8,15H,3-7H2. The molecule has 1 saturated heterocycles. The summed E-state index contributed by atoms with van der Waals surface area (Å²) in [5.41, 5.74) is -0.281. The Bertz CT molecular complexity index is 355. The minimum Gasteiger partial charge on any atom is -0.317 e. The summed E-state index contributed by atoms with van der Waals surface area (Å²) in [6.45, 7) is 1.94. The van der Waals surface area contributed by atoms with Gasteiger partial charge in [-0.25, -0.2) is 0 Å². The highest BCUT2D eigenvalue weighted by atomic mass is 19.4. The predicted octanol–water partition coefficient (Wildman–Crippen LogP) is 2.04. The summed E-state index contributed by atoms with van der Waals surface area (Å²) < 4.78 is 36.8. The molecule has 6 heteroatoms. The molecule has 0 atom stereocenters. The zero-order valence-corrected chi connectivity index (χ0v) is 9.30. The highest BCUT2D eigenvalue weighted by molar-refractivity contribution is 5.10. The molecule has 1 aromatic rings. The molecule has 1 fully saturated rings. The van der Waals surface area contributed by atoms with Gasteiger partial charge in [0.2, 0.25) is 0 Å². The first-order chi connectivity index (χ1) is 8.05. The van der Waals surface area contributed by atoms with Crippen molar-refractivity contribution >= 4 is 0 Å². The molecule has 0 aliphatic carbocycles. The second-order valence-corrected chi connectivity index (χ2v) is 4.31. The fraction of sp³-hybridized carbons (Fsp3) is 0.636. The summed E-state index contributed by atoms with van der Waals surface area (Å²) >= 11 is 0. The van der Waals surface area contributed by atoms with Gasteiger partial charge in [-0.05, 0) is 50.4 Å². The van der Waals surface area contributed by atoms with E-state index in [4.69, 9.17) is 0 Å². The molecule has 94 valence electrons. The van der Waals surface area contributed by atoms with Gasteiger partial charge in [0.05, 0.1) is 5.69 Å². The van der Waals surface area contributed by atoms with Gasteiger partial charge in [-0.15, -0.1) is 5.10 Å². The fourth-order valence-electron chi connectivity index (χ4n) is 2.00. The molecular weight excluding hydrogens is 231 g/mol. The van der Waals surface area contributed by atoms with E-state index in [-0.39, 0.29) is 0 Å². The van der Waals surface area contributed by atoms with Gasteiger partial charge >= 0.3 is 6.18 Å². The zero-order valence-electron chi connectivity index (χ0n) is 9.30. The van der Waals surface area contributed by atoms with Crippen molar-refractivity contribution in [3.63, 3.8) is 0 Å². The van der Waals surface area contributed by atoms with Crippen LogP contribution < -0.4 is 5.32 Å². The highest BCUT2D eigenvalue weighted by Gasteiger charge is 2.32. The molecule has 2 heterocycles. The van der Waals surface area contributed by atoms with Crippen molar-refractivity contribution in [1.82, 2.24) is 15.5 Å². The Morgan fingerprint density at radius 2 is 1.88 bits per heavy atom. The summed E-state index contributed by atoms with van der Waals surface area (Å²) in [7, 11) is 0. The molecule has 1 aliphatic rings. The van der Waals surface area contributed by atoms with Gasteiger partial charge in [0.25, 0.3) is 0 Å². The molecule has 1 aliphatic heterocycles. The average Bonchev–Trinajstić information content (AvgIpc) is 2.30. The number of rotatable bonds is 2. The zero-order chi connectivity index (χ0) is 12.3. The number of piperidine rings is 1. The van der Waals surface area contributed by atoms with E-state index >= 15 is 0 Å². The molecule has 1 aromatic heterocycles. The van der Waals surface area contributed by atoms with Crippen LogP contribution in [-0.4, -0.2) is 23.3 Å². The molecule has 0 bridgehead atoms. The minimum absolute atomic E-state index is 0.502. The number of aromatic nitrogens is 2. The number of alkyl halides is 3. The number of halogens is 3. The number of nitrogens with zero attached hydrogens (tertiary/aromatic N) is 2. The van der Waals surface area contributed by atoms with E-state index in [0.29, 0.717) is 18.0 Å². The maximum Gasteiger partial charge on any atom is 0.435 e. The van der Waals surface area contributed by atoms with E-state index in [2.05, 4.69) is 15.5 Å². The van der Waals surface area contributed by atoms with Crippen molar-refractivity contribution in [3.05, 3.63) is 23.5 Å². The topological polar surface area (TPSA) is 37.8 Å². The Morgan fingerprint density at radius 3 is 2.41 bits per heavy atom. The summed E-state index contributed by atoms with van der Waals surface area (Å²) in [6, 6.07) is 2.43. The van der Waals surface area contributed by atoms with Crippen LogP contribution in [0.5, 0.6) is 0 Å². The van der Waals surface area contributed by atoms with Crippen LogP contribution in [0.2, 0.25) is 0 Å². The van der Waals surface area contributed by atoms with Crippen LogP contribution in [0.1, 0.15) is 24.2 Å². The van der Waals surface area contributed by atoms with Crippen molar-refractivity contribution in [2.45, 2.75) is 25.4 Å². The van der Waals surface area contributed by atoms with E-state index in [1.807, 2.05) is 0 Å². The Kier molecular flexibility index (Phi) is 3.61. The second-order valence-electron chi connectivity index (χ2n) is 4.31. The number of hydrogen-bond donors (Lipinski definition) is 1. The summed E-state index contributed by atoms with van der Waals surface area (Å²) in [6.07, 6.45) is -1.60. The van der Waals surface area contributed by atoms with Crippen LogP contribution in [0, 0.1) is 5.92 Å². The number of hydrogen-bond acceptors (Lipinski definition) is 3. The Labute approximate surface area is 97.4 Å². The van der Waals surface area contributed by atoms with Crippen LogP contribution >= 0.6 is 0 Å². The molecule has 0 amide bonds. The van der Waals surface area contributed by atoms with Crippen molar-refractivity contribution in [1.29, 1.82) is 0 Å². The predicted molar refractivity (Wildman–Crippen MR) is 56.3 cm³/mol. The Balaban J connectivity index is 1.98. The lowest BCUT2D eigenvalue weighted by atomic mass is 9.93. The van der Waals surface area contributed by atoms with Gasteiger partial charge in [0, 0.05) is 0 Å². The van der Waals surface area contributed by atoms with E-state index < -0.39 is 11.9 Å². The van der Waals surface area contributed by atoms with Crippen LogP contribution in [0.15, 0.2) is 12.1 Å². The van der Waals surface area contributed by atoms with Gasteiger partial charge in [-0.2, -0.15) is 18.3 Å². The Morgan fingerprint density at radius 1 is 1.18 bits per heavy atom. The lowest BCUT2D eigenvalue weighted by Crippen LogP contribution is -2.28. The van der Waals surface area contributed by atoms with Crippen molar-refractivity contribution in [2.75, 3.05) is 13.1 Å². The van der Waals surface area contributed by atoms with Gasteiger partial charge in [0.1, 0.15) is 0 Å². The maximum atomic E-state index is 12.3. The molecule has 0 radical (unpaired) electrons. The lowest BCUT2D eigenvalue weighted by Gasteiger charge is -2.21. The van der Waals surface area contributed by atoms with Crippen molar-refractivity contribution in [2.24, 2.45) is 5.92 Å². The second kappa shape index (κ2) is 5.00. The monoisotopic (exact) mass is 245 g/mol. The van der Waals surface area contributed by atoms with Crippen LogP contribution in [0.25, 0.3) is 0 Å². The smallest absolute Gasteiger partial charge is 0.317 e. The molecular formula is C11H14F3N3. The van der Waals surface area contributed by atoms with Crippen molar-refractivity contribution < 1.29 is 13.2 Å². The van der Waals surface area contributed by atoms with Crippen molar-refractivity contribution in [3.8, 4) is 0 Å². The SMILES string of the molecule is FC(F)(F)c1ccc(CC2CCNCC2)nn1. The third-order valence-electron chi connectivity index (χ3n) is 2.97. The molecule has 1 N–H and O–H groups in total. The first kappa shape index (κ1) is 12.3. The van der Waals surface area contributed by atoms with E-state index in [1.165, 1.54) is 6.07 Å². The normalized spacial score (nSPS) is 18.3. The number of nitrogens with one attached hydrogen (secondary N) is 1. The summed E-state index contributed by atoms with van der Waals surface area (Å²) in [5, 5.41) is 10.1. The molecule has 0 aromatic carbocycles. The average molecular weight is 245 g/mol. The molecule has 3 nitrogen and oxygen atoms in total. The van der Waals surface area contributed by atoms with Gasteiger partial charge in [0.15, 0.2) is 5.69 Å². The summed E-state index contributed by atoms with van der Waals surface area (Å²) in [5.74, 6) is 0.502. The molecule has 0 spiro atoms. The van der Waals surface area contributed by atoms with Gasteiger partial charge in [-0.1, -0.05) is 0 Å². The van der Waals surface area contributed by atoms with Crippen LogP contribution in [0.3, 0.4) is 0 Å². The highest BCUT2D eigenvalue weighted by Crippen LogP contribution is 2.27. The Hall–Kier alpha value is -1.17. The fourth-order valence-corrected chi connectivity index (χ4v) is 2.00. The maximum absolute atomic E-state index is 12.3. The lowest BCUT2D eigenvalue weighted by molar-refractivity contribution is -0.141. The first-order valence-electron chi connectivity index (χ1n) is 5.66. The summed E-state index contributed by atoms with van der Waals surface area (Å²) in [4.78, 5) is 0. The van der Waals surface area contributed by atoms with E-state index in [0.717, 1.165) is 32.0 Å². The minimum atomic E-state index is -4.40. The third kappa shape index (κ3) is 3.39. The van der Waals surface area contributed by atoms with E-state index in [1.54, 1.807) is 0 Å². The third-order valence-corrected chi connectivity index (χ3v) is 2.97. The van der Waals surface area contributed by atoms with E-state index in [9.17, 15) is 13.2 Å². The molecule has 17 heavy (non-hydrogen) atoms. The van der Waals surface area contributed by atoms with Crippen LogP contribution in [-0.2, 0) is 12.6 Å². The van der Waals surface area contributed by atoms with Gasteiger partial charge < -0.3 is 5.32 Å². The quantitative estimate of drug-likeness (QED) is 0.866.